The van der Waals surface area contributed by atoms with Crippen LogP contribution < -0.4 is 5.32 Å². The number of nitrogens with zero attached hydrogens (tertiary/aromatic N) is 2. The van der Waals surface area contributed by atoms with Crippen LogP contribution in [-0.2, 0) is 11.3 Å². The zero-order chi connectivity index (χ0) is 14.8. The number of aromatic nitrogens is 1. The number of carbonyl (C=O) groups is 1. The molecule has 1 saturated heterocycles. The van der Waals surface area contributed by atoms with Gasteiger partial charge in [-0.2, -0.15) is 0 Å². The molecule has 1 aliphatic carbocycles. The number of nitrogens with one attached hydrogen (secondary N) is 1. The normalized spacial score (nSPS) is 23.2. The molecule has 1 atom stereocenters. The molecule has 0 unspecified atom stereocenters. The average Bonchev–Trinajstić information content (AvgIpc) is 3.27. The zero-order valence-corrected chi connectivity index (χ0v) is 13.0. The van der Waals surface area contributed by atoms with Crippen molar-refractivity contribution in [3.63, 3.8) is 0 Å². The second-order valence-electron chi connectivity index (χ2n) is 6.57. The summed E-state index contributed by atoms with van der Waals surface area (Å²) in [6.45, 7) is 7.55. The number of aryl methyl sites for hydroxylation is 2. The molecule has 2 aliphatic rings. The van der Waals surface area contributed by atoms with Crippen molar-refractivity contribution in [2.24, 2.45) is 11.8 Å². The van der Waals surface area contributed by atoms with Gasteiger partial charge in [-0.3, -0.25) is 9.69 Å². The molecule has 1 N–H and O–H groups in total. The second-order valence-corrected chi connectivity index (χ2v) is 6.57. The molecule has 1 amide bonds. The summed E-state index contributed by atoms with van der Waals surface area (Å²) in [7, 11) is 0. The van der Waals surface area contributed by atoms with E-state index in [2.05, 4.69) is 15.4 Å². The third-order valence-corrected chi connectivity index (χ3v) is 4.70. The quantitative estimate of drug-likeness (QED) is 0.902. The van der Waals surface area contributed by atoms with Crippen molar-refractivity contribution < 1.29 is 9.32 Å². The van der Waals surface area contributed by atoms with Crippen LogP contribution in [0.1, 0.15) is 42.7 Å². The van der Waals surface area contributed by atoms with Crippen molar-refractivity contribution in [2.75, 3.05) is 19.6 Å². The molecule has 0 bridgehead atoms. The fourth-order valence-electron chi connectivity index (χ4n) is 3.08. The van der Waals surface area contributed by atoms with E-state index in [1.165, 1.54) is 18.4 Å². The highest BCUT2D eigenvalue weighted by atomic mass is 16.5. The van der Waals surface area contributed by atoms with Gasteiger partial charge in [-0.05, 0) is 52.0 Å². The van der Waals surface area contributed by atoms with Crippen LogP contribution in [0.2, 0.25) is 0 Å². The number of amides is 1. The van der Waals surface area contributed by atoms with Crippen molar-refractivity contribution in [1.29, 1.82) is 0 Å². The van der Waals surface area contributed by atoms with E-state index in [1.54, 1.807) is 0 Å². The summed E-state index contributed by atoms with van der Waals surface area (Å²) in [4.78, 5) is 14.6. The number of rotatable bonds is 5. The minimum atomic E-state index is 0.137. The molecule has 1 aliphatic heterocycles. The Morgan fingerprint density at radius 2 is 2.19 bits per heavy atom. The van der Waals surface area contributed by atoms with Gasteiger partial charge >= 0.3 is 0 Å². The topological polar surface area (TPSA) is 58.4 Å². The van der Waals surface area contributed by atoms with E-state index >= 15 is 0 Å². The third kappa shape index (κ3) is 3.64. The van der Waals surface area contributed by atoms with E-state index < -0.39 is 0 Å². The number of likely N-dealkylation sites (tertiary alicyclic amines) is 1. The molecule has 5 nitrogen and oxygen atoms in total. The van der Waals surface area contributed by atoms with Gasteiger partial charge in [0, 0.05) is 25.2 Å². The van der Waals surface area contributed by atoms with Gasteiger partial charge in [0.15, 0.2) is 0 Å². The monoisotopic (exact) mass is 291 g/mol. The summed E-state index contributed by atoms with van der Waals surface area (Å²) in [5.74, 6) is 2.02. The van der Waals surface area contributed by atoms with Crippen LogP contribution in [-0.4, -0.2) is 35.6 Å². The largest absolute Gasteiger partial charge is 0.361 e. The van der Waals surface area contributed by atoms with Crippen LogP contribution in [0.4, 0.5) is 0 Å². The summed E-state index contributed by atoms with van der Waals surface area (Å²) in [5.41, 5.74) is 2.14. The minimum Gasteiger partial charge on any atom is -0.361 e. The molecule has 3 rings (SSSR count). The molecule has 2 heterocycles. The Kier molecular flexibility index (Phi) is 4.29. The van der Waals surface area contributed by atoms with Crippen molar-refractivity contribution in [2.45, 2.75) is 46.1 Å². The van der Waals surface area contributed by atoms with Crippen LogP contribution in [0, 0.1) is 25.7 Å². The Labute approximate surface area is 126 Å². The minimum absolute atomic E-state index is 0.137. The predicted molar refractivity (Wildman–Crippen MR) is 79.7 cm³/mol. The van der Waals surface area contributed by atoms with Crippen LogP contribution >= 0.6 is 0 Å². The van der Waals surface area contributed by atoms with Gasteiger partial charge in [0.2, 0.25) is 5.91 Å². The molecular weight excluding hydrogens is 266 g/mol. The lowest BCUT2D eigenvalue weighted by Gasteiger charge is -2.31. The highest BCUT2D eigenvalue weighted by molar-refractivity contribution is 5.79. The molecule has 1 saturated carbocycles. The molecule has 116 valence electrons. The molecule has 1 aromatic heterocycles. The fourth-order valence-corrected chi connectivity index (χ4v) is 3.08. The fraction of sp³-hybridized carbons (Fsp3) is 0.750. The van der Waals surface area contributed by atoms with Gasteiger partial charge in [0.05, 0.1) is 11.6 Å². The van der Waals surface area contributed by atoms with Gasteiger partial charge in [-0.15, -0.1) is 0 Å². The average molecular weight is 291 g/mol. The van der Waals surface area contributed by atoms with E-state index in [-0.39, 0.29) is 11.8 Å². The van der Waals surface area contributed by atoms with Gasteiger partial charge in [0.1, 0.15) is 5.76 Å². The number of carbonyl (C=O) groups excluding carboxylic acids is 1. The smallest absolute Gasteiger partial charge is 0.224 e. The van der Waals surface area contributed by atoms with Gasteiger partial charge in [0.25, 0.3) is 0 Å². The highest BCUT2D eigenvalue weighted by Gasteiger charge is 2.28. The third-order valence-electron chi connectivity index (χ3n) is 4.70. The lowest BCUT2D eigenvalue weighted by molar-refractivity contribution is -0.126. The summed E-state index contributed by atoms with van der Waals surface area (Å²) < 4.78 is 5.23. The lowest BCUT2D eigenvalue weighted by atomic mass is 9.96. The zero-order valence-electron chi connectivity index (χ0n) is 13.0. The molecule has 0 aromatic carbocycles. The van der Waals surface area contributed by atoms with E-state index in [9.17, 15) is 4.79 Å². The van der Waals surface area contributed by atoms with E-state index in [4.69, 9.17) is 4.52 Å². The maximum Gasteiger partial charge on any atom is 0.224 e. The van der Waals surface area contributed by atoms with Crippen LogP contribution in [0.15, 0.2) is 4.52 Å². The second kappa shape index (κ2) is 6.18. The first kappa shape index (κ1) is 14.6. The number of hydrogen-bond acceptors (Lipinski definition) is 4. The van der Waals surface area contributed by atoms with Crippen molar-refractivity contribution >= 4 is 5.91 Å². The van der Waals surface area contributed by atoms with Crippen molar-refractivity contribution in [3.05, 3.63) is 17.0 Å². The van der Waals surface area contributed by atoms with Crippen LogP contribution in [0.3, 0.4) is 0 Å². The Hall–Kier alpha value is -1.36. The van der Waals surface area contributed by atoms with E-state index in [0.717, 1.165) is 56.4 Å². The number of piperidine rings is 1. The Bertz CT molecular complexity index is 488. The summed E-state index contributed by atoms with van der Waals surface area (Å²) in [6, 6.07) is 0. The lowest BCUT2D eigenvalue weighted by Crippen LogP contribution is -2.43. The van der Waals surface area contributed by atoms with Gasteiger partial charge in [-0.25, -0.2) is 0 Å². The van der Waals surface area contributed by atoms with Gasteiger partial charge in [-0.1, -0.05) is 5.16 Å². The maximum atomic E-state index is 12.2. The first-order chi connectivity index (χ1) is 10.1. The standard InChI is InChI=1S/C16H25N3O2/c1-11-15(12(2)21-18-11)10-19-7-3-4-14(9-19)16(20)17-8-13-5-6-13/h13-14H,3-10H2,1-2H3,(H,17,20)/t14-/m0/s1. The summed E-state index contributed by atoms with van der Waals surface area (Å²) in [6.07, 6.45) is 4.66. The molecule has 0 radical (unpaired) electrons. The molecular formula is C16H25N3O2. The summed E-state index contributed by atoms with van der Waals surface area (Å²) in [5, 5.41) is 7.13. The Morgan fingerprint density at radius 3 is 2.86 bits per heavy atom. The molecule has 21 heavy (non-hydrogen) atoms. The Balaban J connectivity index is 1.53. The highest BCUT2D eigenvalue weighted by Crippen LogP contribution is 2.28. The first-order valence-electron chi connectivity index (χ1n) is 8.05. The maximum absolute atomic E-state index is 12.2. The predicted octanol–water partition coefficient (Wildman–Crippen LogP) is 2.03. The molecule has 0 spiro atoms. The van der Waals surface area contributed by atoms with Crippen molar-refractivity contribution in [1.82, 2.24) is 15.4 Å². The molecule has 2 fully saturated rings. The van der Waals surface area contributed by atoms with E-state index in [1.807, 2.05) is 13.8 Å². The summed E-state index contributed by atoms with van der Waals surface area (Å²) >= 11 is 0. The molecule has 5 heteroatoms. The van der Waals surface area contributed by atoms with E-state index in [0.29, 0.717) is 0 Å². The van der Waals surface area contributed by atoms with Gasteiger partial charge < -0.3 is 9.84 Å². The van der Waals surface area contributed by atoms with Crippen LogP contribution in [0.5, 0.6) is 0 Å². The van der Waals surface area contributed by atoms with Crippen molar-refractivity contribution in [3.8, 4) is 0 Å². The first-order valence-corrected chi connectivity index (χ1v) is 8.05. The molecule has 1 aromatic rings. The van der Waals surface area contributed by atoms with Crippen LogP contribution in [0.25, 0.3) is 0 Å². The SMILES string of the molecule is Cc1noc(C)c1CN1CCC[C@H](C(=O)NCC2CC2)C1. The Morgan fingerprint density at radius 1 is 1.38 bits per heavy atom. The number of hydrogen-bond donors (Lipinski definition) is 1.